The van der Waals surface area contributed by atoms with Crippen molar-refractivity contribution in [3.63, 3.8) is 0 Å². The highest BCUT2D eigenvalue weighted by atomic mass is 15.0. The molecule has 41 heavy (non-hydrogen) atoms. The minimum absolute atomic E-state index is 0.162. The van der Waals surface area contributed by atoms with Crippen molar-refractivity contribution in [2.45, 2.75) is 19.3 Å². The van der Waals surface area contributed by atoms with Gasteiger partial charge in [-0.15, -0.1) is 0 Å². The highest BCUT2D eigenvalue weighted by Gasteiger charge is 2.36. The predicted molar refractivity (Wildman–Crippen MR) is 168 cm³/mol. The van der Waals surface area contributed by atoms with Crippen molar-refractivity contribution < 1.29 is 0 Å². The second kappa shape index (κ2) is 7.92. The number of fused-ring (bicyclic) bond motifs is 9. The Hall–Kier alpha value is -5.22. The van der Waals surface area contributed by atoms with E-state index in [0.29, 0.717) is 0 Å². The average Bonchev–Trinajstić information content (AvgIpc) is 3.61. The number of nitrogens with zero attached hydrogens (tertiary/aromatic N) is 4. The van der Waals surface area contributed by atoms with Gasteiger partial charge in [0.2, 0.25) is 0 Å². The van der Waals surface area contributed by atoms with Crippen LogP contribution in [-0.4, -0.2) is 19.1 Å². The zero-order valence-corrected chi connectivity index (χ0v) is 22.8. The van der Waals surface area contributed by atoms with Crippen LogP contribution >= 0.6 is 0 Å². The fourth-order valence-electron chi connectivity index (χ4n) is 7.18. The second-order valence-electron chi connectivity index (χ2n) is 11.6. The van der Waals surface area contributed by atoms with Crippen LogP contribution in [0.15, 0.2) is 122 Å². The van der Waals surface area contributed by atoms with E-state index in [-0.39, 0.29) is 5.41 Å². The summed E-state index contributed by atoms with van der Waals surface area (Å²) in [6.45, 7) is 4.71. The first kappa shape index (κ1) is 22.6. The summed E-state index contributed by atoms with van der Waals surface area (Å²) in [6.07, 6.45) is 7.73. The number of para-hydroxylation sites is 2. The molecule has 0 N–H and O–H groups in total. The van der Waals surface area contributed by atoms with Gasteiger partial charge in [0.25, 0.3) is 0 Å². The Kier molecular flexibility index (Phi) is 4.36. The Morgan fingerprint density at radius 3 is 1.41 bits per heavy atom. The van der Waals surface area contributed by atoms with E-state index in [4.69, 9.17) is 0 Å². The molecule has 8 aromatic rings. The monoisotopic (exact) mass is 526 g/mol. The number of pyridine rings is 2. The van der Waals surface area contributed by atoms with Crippen LogP contribution in [-0.2, 0) is 5.41 Å². The highest BCUT2D eigenvalue weighted by molar-refractivity contribution is 6.10. The summed E-state index contributed by atoms with van der Waals surface area (Å²) in [5.41, 5.74) is 12.1. The highest BCUT2D eigenvalue weighted by Crippen LogP contribution is 2.50. The lowest BCUT2D eigenvalue weighted by Crippen LogP contribution is -2.16. The first-order valence-electron chi connectivity index (χ1n) is 14.1. The molecule has 1 aliphatic rings. The fourth-order valence-corrected chi connectivity index (χ4v) is 7.18. The SMILES string of the molecule is CC1(C)c2cc(-n3c4ccccc4c4ccncc43)ccc2-c2ccc(-n3c4ccccc4c4ccncc43)cc21. The first-order chi connectivity index (χ1) is 20.1. The smallest absolute Gasteiger partial charge is 0.0724 e. The topological polar surface area (TPSA) is 35.6 Å². The Labute approximate surface area is 237 Å². The largest absolute Gasteiger partial charge is 0.308 e. The molecule has 0 atom stereocenters. The van der Waals surface area contributed by atoms with Gasteiger partial charge in [0.1, 0.15) is 0 Å². The molecule has 0 saturated carbocycles. The average molecular weight is 527 g/mol. The van der Waals surface area contributed by atoms with E-state index in [0.717, 1.165) is 22.4 Å². The minimum atomic E-state index is -0.162. The number of hydrogen-bond donors (Lipinski definition) is 0. The maximum atomic E-state index is 4.48. The van der Waals surface area contributed by atoms with Crippen LogP contribution < -0.4 is 0 Å². The molecule has 4 heterocycles. The number of hydrogen-bond acceptors (Lipinski definition) is 2. The van der Waals surface area contributed by atoms with Crippen molar-refractivity contribution in [1.29, 1.82) is 0 Å². The van der Waals surface area contributed by atoms with Crippen LogP contribution in [0.2, 0.25) is 0 Å². The zero-order valence-electron chi connectivity index (χ0n) is 22.8. The Bertz CT molecular complexity index is 2080. The molecule has 0 amide bonds. The van der Waals surface area contributed by atoms with Crippen LogP contribution in [0.3, 0.4) is 0 Å². The summed E-state index contributed by atoms with van der Waals surface area (Å²) in [6, 6.07) is 35.4. The third kappa shape index (κ3) is 2.94. The fraction of sp³-hybridized carbons (Fsp3) is 0.0811. The van der Waals surface area contributed by atoms with Gasteiger partial charge in [0.05, 0.1) is 34.5 Å². The van der Waals surface area contributed by atoms with Gasteiger partial charge >= 0.3 is 0 Å². The molecule has 0 bridgehead atoms. The van der Waals surface area contributed by atoms with Crippen molar-refractivity contribution in [2.75, 3.05) is 0 Å². The van der Waals surface area contributed by atoms with Crippen LogP contribution in [0.5, 0.6) is 0 Å². The summed E-state index contributed by atoms with van der Waals surface area (Å²) in [5, 5.41) is 4.95. The van der Waals surface area contributed by atoms with Crippen molar-refractivity contribution in [1.82, 2.24) is 19.1 Å². The van der Waals surface area contributed by atoms with Gasteiger partial charge in [-0.05, 0) is 70.8 Å². The third-order valence-electron chi connectivity index (χ3n) is 9.11. The third-order valence-corrected chi connectivity index (χ3v) is 9.11. The summed E-state index contributed by atoms with van der Waals surface area (Å²) in [5.74, 6) is 0. The minimum Gasteiger partial charge on any atom is -0.308 e. The van der Waals surface area contributed by atoms with Crippen LogP contribution in [0.25, 0.3) is 66.1 Å². The standard InChI is InChI=1S/C37H26N4/c1-37(2)31-19-23(40-33-9-5-3-7-27(33)29-15-17-38-21-35(29)40)11-13-25(31)26-14-12-24(20-32(26)37)41-34-10-6-4-8-28(34)30-16-18-39-22-36(30)41/h3-22H,1-2H3. The molecule has 1 aliphatic carbocycles. The van der Waals surface area contributed by atoms with Gasteiger partial charge in [0.15, 0.2) is 0 Å². The van der Waals surface area contributed by atoms with Gasteiger partial charge < -0.3 is 9.13 Å². The van der Waals surface area contributed by atoms with Crippen molar-refractivity contribution in [3.05, 3.63) is 133 Å². The molecule has 0 saturated heterocycles. The van der Waals surface area contributed by atoms with Crippen molar-refractivity contribution in [3.8, 4) is 22.5 Å². The number of benzene rings is 4. The van der Waals surface area contributed by atoms with E-state index in [1.807, 2.05) is 24.8 Å². The van der Waals surface area contributed by atoms with E-state index in [1.54, 1.807) is 0 Å². The lowest BCUT2D eigenvalue weighted by Gasteiger charge is -2.23. The molecule has 4 aromatic heterocycles. The van der Waals surface area contributed by atoms with Crippen LogP contribution in [0, 0.1) is 0 Å². The first-order valence-corrected chi connectivity index (χ1v) is 14.1. The van der Waals surface area contributed by atoms with Gasteiger partial charge in [-0.25, -0.2) is 0 Å². The molecule has 0 fully saturated rings. The van der Waals surface area contributed by atoms with E-state index in [2.05, 4.69) is 130 Å². The molecular weight excluding hydrogens is 500 g/mol. The molecule has 0 aliphatic heterocycles. The Balaban J connectivity index is 1.24. The lowest BCUT2D eigenvalue weighted by atomic mass is 9.82. The summed E-state index contributed by atoms with van der Waals surface area (Å²) in [4.78, 5) is 8.95. The van der Waals surface area contributed by atoms with E-state index in [1.165, 1.54) is 54.8 Å². The summed E-state index contributed by atoms with van der Waals surface area (Å²) < 4.78 is 4.71. The zero-order chi connectivity index (χ0) is 27.3. The van der Waals surface area contributed by atoms with E-state index >= 15 is 0 Å². The van der Waals surface area contributed by atoms with E-state index in [9.17, 15) is 0 Å². The molecule has 4 nitrogen and oxygen atoms in total. The maximum Gasteiger partial charge on any atom is 0.0724 e. The molecular formula is C37H26N4. The normalized spacial score (nSPS) is 13.8. The van der Waals surface area contributed by atoms with Gasteiger partial charge in [-0.2, -0.15) is 0 Å². The van der Waals surface area contributed by atoms with Crippen LogP contribution in [0.1, 0.15) is 25.0 Å². The second-order valence-corrected chi connectivity index (χ2v) is 11.6. The molecule has 0 spiro atoms. The quantitative estimate of drug-likeness (QED) is 0.225. The van der Waals surface area contributed by atoms with Crippen molar-refractivity contribution in [2.24, 2.45) is 0 Å². The molecule has 4 heteroatoms. The number of rotatable bonds is 2. The molecule has 0 unspecified atom stereocenters. The Morgan fingerprint density at radius 1 is 0.488 bits per heavy atom. The van der Waals surface area contributed by atoms with Crippen LogP contribution in [0.4, 0.5) is 0 Å². The lowest BCUT2D eigenvalue weighted by molar-refractivity contribution is 0.659. The molecule has 194 valence electrons. The summed E-state index contributed by atoms with van der Waals surface area (Å²) in [7, 11) is 0. The molecule has 0 radical (unpaired) electrons. The maximum absolute atomic E-state index is 4.48. The van der Waals surface area contributed by atoms with E-state index < -0.39 is 0 Å². The predicted octanol–water partition coefficient (Wildman–Crippen LogP) is 8.98. The van der Waals surface area contributed by atoms with Gasteiger partial charge in [-0.1, -0.05) is 62.4 Å². The number of aromatic nitrogens is 4. The Morgan fingerprint density at radius 2 is 0.927 bits per heavy atom. The van der Waals surface area contributed by atoms with Crippen molar-refractivity contribution >= 4 is 43.6 Å². The van der Waals surface area contributed by atoms with Gasteiger partial charge in [-0.3, -0.25) is 9.97 Å². The molecule has 9 rings (SSSR count). The van der Waals surface area contributed by atoms with Gasteiger partial charge in [0, 0.05) is 50.7 Å². The molecule has 4 aromatic carbocycles. The summed E-state index contributed by atoms with van der Waals surface area (Å²) >= 11 is 0.